The number of hydrogen-bond acceptors (Lipinski definition) is 3. The molecule has 0 saturated carbocycles. The van der Waals surface area contributed by atoms with Gasteiger partial charge in [0, 0.05) is 15.6 Å². The maximum absolute atomic E-state index is 12.5. The van der Waals surface area contributed by atoms with Gasteiger partial charge in [-0.3, -0.25) is 4.79 Å². The van der Waals surface area contributed by atoms with Crippen LogP contribution in [0.5, 0.6) is 5.75 Å². The van der Waals surface area contributed by atoms with Crippen LogP contribution in [0.3, 0.4) is 0 Å². The van der Waals surface area contributed by atoms with Crippen LogP contribution in [0.15, 0.2) is 42.5 Å². The van der Waals surface area contributed by atoms with Crippen molar-refractivity contribution in [2.45, 2.75) is 5.92 Å². The number of Topliss-reactive ketones (excluding diaryl/α,β-unsaturated/α-hetero) is 1. The molecule has 2 aromatic carbocycles. The van der Waals surface area contributed by atoms with Gasteiger partial charge in [-0.2, -0.15) is 5.26 Å². The van der Waals surface area contributed by atoms with Crippen LogP contribution in [0.2, 0.25) is 10.0 Å². The highest BCUT2D eigenvalue weighted by Gasteiger charge is 2.22. The summed E-state index contributed by atoms with van der Waals surface area (Å²) in [5.74, 6) is -0.591. The van der Waals surface area contributed by atoms with Crippen molar-refractivity contribution in [3.05, 3.63) is 63.6 Å². The quantitative estimate of drug-likeness (QED) is 0.780. The van der Waals surface area contributed by atoms with Gasteiger partial charge >= 0.3 is 0 Å². The van der Waals surface area contributed by atoms with Crippen molar-refractivity contribution < 1.29 is 9.53 Å². The maximum atomic E-state index is 12.5. The molecule has 5 heteroatoms. The van der Waals surface area contributed by atoms with Crippen LogP contribution in [-0.4, -0.2) is 12.9 Å². The summed E-state index contributed by atoms with van der Waals surface area (Å²) in [5.41, 5.74) is 0.911. The average Bonchev–Trinajstić information content (AvgIpc) is 2.47. The minimum Gasteiger partial charge on any atom is -0.497 e. The molecule has 1 unspecified atom stereocenters. The lowest BCUT2D eigenvalue weighted by atomic mass is 9.92. The Morgan fingerprint density at radius 2 is 1.71 bits per heavy atom. The van der Waals surface area contributed by atoms with E-state index in [9.17, 15) is 10.1 Å². The Morgan fingerprint density at radius 3 is 2.19 bits per heavy atom. The standard InChI is InChI=1S/C16H11Cl2NO2/c1-21-14-4-2-10(3-5-14)15(9-19)16(20)11-6-12(17)8-13(18)7-11/h2-8,15H,1H3. The molecule has 2 aromatic rings. The molecule has 0 aromatic heterocycles. The Labute approximate surface area is 132 Å². The van der Waals surface area contributed by atoms with E-state index in [0.717, 1.165) is 0 Å². The summed E-state index contributed by atoms with van der Waals surface area (Å²) in [4.78, 5) is 12.5. The maximum Gasteiger partial charge on any atom is 0.184 e. The lowest BCUT2D eigenvalue weighted by molar-refractivity contribution is 0.0979. The van der Waals surface area contributed by atoms with E-state index in [1.54, 1.807) is 31.4 Å². The molecule has 0 bridgehead atoms. The molecule has 106 valence electrons. The van der Waals surface area contributed by atoms with E-state index in [2.05, 4.69) is 0 Å². The van der Waals surface area contributed by atoms with Crippen LogP contribution in [-0.2, 0) is 0 Å². The third kappa shape index (κ3) is 3.55. The summed E-state index contributed by atoms with van der Waals surface area (Å²) in [6, 6.07) is 13.4. The summed E-state index contributed by atoms with van der Waals surface area (Å²) in [6.45, 7) is 0. The van der Waals surface area contributed by atoms with Gasteiger partial charge in [0.15, 0.2) is 5.78 Å². The van der Waals surface area contributed by atoms with Crippen LogP contribution in [0.4, 0.5) is 0 Å². The van der Waals surface area contributed by atoms with E-state index in [0.29, 0.717) is 26.9 Å². The molecule has 0 aliphatic heterocycles. The van der Waals surface area contributed by atoms with Gasteiger partial charge in [0.25, 0.3) is 0 Å². The van der Waals surface area contributed by atoms with Gasteiger partial charge in [0.1, 0.15) is 11.7 Å². The zero-order chi connectivity index (χ0) is 15.4. The van der Waals surface area contributed by atoms with Gasteiger partial charge in [-0.1, -0.05) is 35.3 Å². The number of halogens is 2. The van der Waals surface area contributed by atoms with Crippen LogP contribution >= 0.6 is 23.2 Å². The fourth-order valence-electron chi connectivity index (χ4n) is 1.94. The van der Waals surface area contributed by atoms with Crippen molar-refractivity contribution in [1.29, 1.82) is 5.26 Å². The van der Waals surface area contributed by atoms with Crippen molar-refractivity contribution in [2.75, 3.05) is 7.11 Å². The number of rotatable bonds is 4. The molecule has 0 radical (unpaired) electrons. The number of benzene rings is 2. The monoisotopic (exact) mass is 319 g/mol. The van der Waals surface area contributed by atoms with Gasteiger partial charge in [-0.05, 0) is 35.9 Å². The Balaban J connectivity index is 2.36. The molecule has 3 nitrogen and oxygen atoms in total. The van der Waals surface area contributed by atoms with Gasteiger partial charge < -0.3 is 4.74 Å². The highest BCUT2D eigenvalue weighted by molar-refractivity contribution is 6.35. The Hall–Kier alpha value is -2.02. The number of carbonyl (C=O) groups is 1. The number of ether oxygens (including phenoxy) is 1. The molecular weight excluding hydrogens is 309 g/mol. The Morgan fingerprint density at radius 1 is 1.14 bits per heavy atom. The van der Waals surface area contributed by atoms with Gasteiger partial charge in [0.2, 0.25) is 0 Å². The average molecular weight is 320 g/mol. The summed E-state index contributed by atoms with van der Waals surface area (Å²) >= 11 is 11.8. The molecule has 21 heavy (non-hydrogen) atoms. The topological polar surface area (TPSA) is 50.1 Å². The SMILES string of the molecule is COc1ccc(C(C#N)C(=O)c2cc(Cl)cc(Cl)c2)cc1. The smallest absolute Gasteiger partial charge is 0.184 e. The Bertz CT molecular complexity index is 685. The molecule has 0 aliphatic rings. The lowest BCUT2D eigenvalue weighted by Gasteiger charge is -2.10. The second-order valence-corrected chi connectivity index (χ2v) is 5.23. The fourth-order valence-corrected chi connectivity index (χ4v) is 2.47. The van der Waals surface area contributed by atoms with Crippen molar-refractivity contribution in [1.82, 2.24) is 0 Å². The minimum absolute atomic E-state index is 0.315. The second-order valence-electron chi connectivity index (χ2n) is 4.36. The van der Waals surface area contributed by atoms with Crippen molar-refractivity contribution >= 4 is 29.0 Å². The van der Waals surface area contributed by atoms with Gasteiger partial charge in [-0.25, -0.2) is 0 Å². The van der Waals surface area contributed by atoms with E-state index in [-0.39, 0.29) is 5.78 Å². The molecule has 0 heterocycles. The number of methoxy groups -OCH3 is 1. The minimum atomic E-state index is -0.912. The Kier molecular flexibility index (Phi) is 4.85. The predicted molar refractivity (Wildman–Crippen MR) is 82.1 cm³/mol. The first-order chi connectivity index (χ1) is 10.0. The summed E-state index contributed by atoms with van der Waals surface area (Å²) in [7, 11) is 1.55. The van der Waals surface area contributed by atoms with Gasteiger partial charge in [0.05, 0.1) is 13.2 Å². The van der Waals surface area contributed by atoms with Crippen LogP contribution in [0, 0.1) is 11.3 Å². The molecule has 1 atom stereocenters. The molecule has 0 fully saturated rings. The van der Waals surface area contributed by atoms with Gasteiger partial charge in [-0.15, -0.1) is 0 Å². The normalized spacial score (nSPS) is 11.5. The van der Waals surface area contributed by atoms with E-state index >= 15 is 0 Å². The van der Waals surface area contributed by atoms with E-state index in [1.807, 2.05) is 6.07 Å². The second kappa shape index (κ2) is 6.62. The molecule has 0 saturated heterocycles. The highest BCUT2D eigenvalue weighted by Crippen LogP contribution is 2.26. The first kappa shape index (κ1) is 15.4. The molecule has 0 spiro atoms. The first-order valence-electron chi connectivity index (χ1n) is 6.09. The molecule has 0 aliphatic carbocycles. The number of nitriles is 1. The third-order valence-corrected chi connectivity index (χ3v) is 3.42. The number of hydrogen-bond donors (Lipinski definition) is 0. The molecular formula is C16H11Cl2NO2. The first-order valence-corrected chi connectivity index (χ1v) is 6.84. The number of carbonyl (C=O) groups excluding carboxylic acids is 1. The molecule has 0 N–H and O–H groups in total. The van der Waals surface area contributed by atoms with Crippen LogP contribution < -0.4 is 4.74 Å². The van der Waals surface area contributed by atoms with Crippen molar-refractivity contribution in [3.8, 4) is 11.8 Å². The molecule has 2 rings (SSSR count). The lowest BCUT2D eigenvalue weighted by Crippen LogP contribution is -2.11. The molecule has 0 amide bonds. The third-order valence-electron chi connectivity index (χ3n) is 2.99. The largest absolute Gasteiger partial charge is 0.497 e. The van der Waals surface area contributed by atoms with Crippen molar-refractivity contribution in [2.24, 2.45) is 0 Å². The van der Waals surface area contributed by atoms with E-state index in [4.69, 9.17) is 27.9 Å². The van der Waals surface area contributed by atoms with Crippen LogP contribution in [0.25, 0.3) is 0 Å². The fraction of sp³-hybridized carbons (Fsp3) is 0.125. The zero-order valence-corrected chi connectivity index (χ0v) is 12.7. The number of nitrogens with zero attached hydrogens (tertiary/aromatic N) is 1. The van der Waals surface area contributed by atoms with Crippen LogP contribution in [0.1, 0.15) is 21.8 Å². The summed E-state index contributed by atoms with van der Waals surface area (Å²) in [6.07, 6.45) is 0. The zero-order valence-electron chi connectivity index (χ0n) is 11.1. The summed E-state index contributed by atoms with van der Waals surface area (Å²) < 4.78 is 5.06. The van der Waals surface area contributed by atoms with E-state index in [1.165, 1.54) is 18.2 Å². The number of ketones is 1. The van der Waals surface area contributed by atoms with E-state index < -0.39 is 5.92 Å². The van der Waals surface area contributed by atoms with Crippen molar-refractivity contribution in [3.63, 3.8) is 0 Å². The summed E-state index contributed by atoms with van der Waals surface area (Å²) in [5, 5.41) is 10.0. The predicted octanol–water partition coefficient (Wildman–Crippen LogP) is 4.49. The highest BCUT2D eigenvalue weighted by atomic mass is 35.5.